The topological polar surface area (TPSA) is 33.1 Å². The molecule has 19 heavy (non-hydrogen) atoms. The molecular formula is C15H28N4. The molecule has 0 amide bonds. The van der Waals surface area contributed by atoms with Crippen molar-refractivity contribution in [2.75, 3.05) is 19.6 Å². The SMILES string of the molecule is CCC1(CC)CNC(C)CN1CCc1ccnn1C. The molecule has 0 aliphatic carbocycles. The number of hydrogen-bond acceptors (Lipinski definition) is 3. The van der Waals surface area contributed by atoms with E-state index in [0.29, 0.717) is 11.6 Å². The molecule has 108 valence electrons. The van der Waals surface area contributed by atoms with Crippen LogP contribution in [0.15, 0.2) is 12.3 Å². The van der Waals surface area contributed by atoms with E-state index in [9.17, 15) is 0 Å². The van der Waals surface area contributed by atoms with Gasteiger partial charge in [0.05, 0.1) is 0 Å². The highest BCUT2D eigenvalue weighted by Gasteiger charge is 2.37. The average Bonchev–Trinajstić information content (AvgIpc) is 2.83. The second-order valence-electron chi connectivity index (χ2n) is 5.86. The Bertz CT molecular complexity index is 395. The monoisotopic (exact) mass is 264 g/mol. The summed E-state index contributed by atoms with van der Waals surface area (Å²) in [5.41, 5.74) is 1.66. The van der Waals surface area contributed by atoms with Gasteiger partial charge in [-0.05, 0) is 25.8 Å². The lowest BCUT2D eigenvalue weighted by atomic mass is 9.87. The zero-order valence-electron chi connectivity index (χ0n) is 12.8. The van der Waals surface area contributed by atoms with Gasteiger partial charge >= 0.3 is 0 Å². The number of nitrogens with one attached hydrogen (secondary N) is 1. The maximum atomic E-state index is 4.26. The first-order chi connectivity index (χ1) is 9.11. The van der Waals surface area contributed by atoms with Gasteiger partial charge in [0.2, 0.25) is 0 Å². The Hall–Kier alpha value is -0.870. The third-order valence-electron chi connectivity index (χ3n) is 4.82. The number of rotatable bonds is 5. The standard InChI is InChI=1S/C15H28N4/c1-5-15(6-2)12-16-13(3)11-19(15)10-8-14-7-9-17-18(14)4/h7,9,13,16H,5-6,8,10-12H2,1-4H3. The first kappa shape index (κ1) is 14.5. The molecule has 0 aromatic carbocycles. The zero-order chi connectivity index (χ0) is 13.9. The summed E-state index contributed by atoms with van der Waals surface area (Å²) in [6.07, 6.45) is 5.41. The fraction of sp³-hybridized carbons (Fsp3) is 0.800. The van der Waals surface area contributed by atoms with Crippen LogP contribution in [0.4, 0.5) is 0 Å². The summed E-state index contributed by atoms with van der Waals surface area (Å²) in [7, 11) is 2.03. The minimum absolute atomic E-state index is 0.338. The fourth-order valence-electron chi connectivity index (χ4n) is 3.24. The van der Waals surface area contributed by atoms with Crippen molar-refractivity contribution in [3.63, 3.8) is 0 Å². The van der Waals surface area contributed by atoms with Gasteiger partial charge in [0.1, 0.15) is 0 Å². The number of piperazine rings is 1. The van der Waals surface area contributed by atoms with Gasteiger partial charge in [-0.25, -0.2) is 0 Å². The van der Waals surface area contributed by atoms with Crippen molar-refractivity contribution in [3.05, 3.63) is 18.0 Å². The molecule has 2 heterocycles. The predicted molar refractivity (Wildman–Crippen MR) is 79.3 cm³/mol. The normalized spacial score (nSPS) is 23.7. The van der Waals surface area contributed by atoms with Gasteiger partial charge in [-0.15, -0.1) is 0 Å². The molecule has 0 spiro atoms. The average molecular weight is 264 g/mol. The molecule has 4 heteroatoms. The lowest BCUT2D eigenvalue weighted by Gasteiger charge is -2.49. The summed E-state index contributed by atoms with van der Waals surface area (Å²) < 4.78 is 1.99. The van der Waals surface area contributed by atoms with E-state index in [1.54, 1.807) is 0 Å². The summed E-state index contributed by atoms with van der Waals surface area (Å²) in [4.78, 5) is 2.70. The molecule has 1 unspecified atom stereocenters. The molecule has 1 atom stereocenters. The second kappa shape index (κ2) is 6.06. The van der Waals surface area contributed by atoms with Crippen molar-refractivity contribution in [1.29, 1.82) is 0 Å². The quantitative estimate of drug-likeness (QED) is 0.880. The molecule has 0 saturated carbocycles. The summed E-state index contributed by atoms with van der Waals surface area (Å²) in [6.45, 7) is 10.3. The highest BCUT2D eigenvalue weighted by molar-refractivity contribution is 5.03. The molecule has 2 rings (SSSR count). The Labute approximate surface area is 117 Å². The molecule has 1 N–H and O–H groups in total. The molecule has 1 aromatic heterocycles. The van der Waals surface area contributed by atoms with Crippen molar-refractivity contribution in [1.82, 2.24) is 20.0 Å². The Morgan fingerprint density at radius 2 is 2.16 bits per heavy atom. The zero-order valence-corrected chi connectivity index (χ0v) is 12.8. The van der Waals surface area contributed by atoms with Crippen molar-refractivity contribution >= 4 is 0 Å². The van der Waals surface area contributed by atoms with E-state index in [2.05, 4.69) is 42.2 Å². The van der Waals surface area contributed by atoms with Gasteiger partial charge in [-0.2, -0.15) is 5.10 Å². The van der Waals surface area contributed by atoms with E-state index >= 15 is 0 Å². The van der Waals surface area contributed by atoms with Gasteiger partial charge in [-0.3, -0.25) is 9.58 Å². The van der Waals surface area contributed by atoms with Crippen molar-refractivity contribution in [2.45, 2.75) is 51.6 Å². The molecule has 1 fully saturated rings. The van der Waals surface area contributed by atoms with Gasteiger partial charge in [0.25, 0.3) is 0 Å². The van der Waals surface area contributed by atoms with Crippen molar-refractivity contribution < 1.29 is 0 Å². The van der Waals surface area contributed by atoms with Crippen LogP contribution in [0.5, 0.6) is 0 Å². The third-order valence-corrected chi connectivity index (χ3v) is 4.82. The van der Waals surface area contributed by atoms with E-state index in [1.807, 2.05) is 17.9 Å². The van der Waals surface area contributed by atoms with E-state index in [1.165, 1.54) is 18.5 Å². The number of hydrogen-bond donors (Lipinski definition) is 1. The maximum absolute atomic E-state index is 4.26. The first-order valence-corrected chi connectivity index (χ1v) is 7.56. The lowest BCUT2D eigenvalue weighted by molar-refractivity contribution is 0.0357. The Morgan fingerprint density at radius 1 is 1.42 bits per heavy atom. The molecular weight excluding hydrogens is 236 g/mol. The van der Waals surface area contributed by atoms with E-state index in [4.69, 9.17) is 0 Å². The molecule has 0 radical (unpaired) electrons. The van der Waals surface area contributed by atoms with Crippen LogP contribution >= 0.6 is 0 Å². The number of nitrogens with zero attached hydrogens (tertiary/aromatic N) is 3. The molecule has 1 aromatic rings. The Balaban J connectivity index is 2.04. The summed E-state index contributed by atoms with van der Waals surface area (Å²) in [6, 6.07) is 2.73. The van der Waals surface area contributed by atoms with E-state index in [-0.39, 0.29) is 0 Å². The third kappa shape index (κ3) is 3.00. The number of aryl methyl sites for hydroxylation is 1. The van der Waals surface area contributed by atoms with Crippen LogP contribution in [0.2, 0.25) is 0 Å². The van der Waals surface area contributed by atoms with Crippen LogP contribution in [-0.4, -0.2) is 45.9 Å². The molecule has 1 aliphatic rings. The highest BCUT2D eigenvalue weighted by atomic mass is 15.3. The smallest absolute Gasteiger partial charge is 0.0492 e. The minimum atomic E-state index is 0.338. The largest absolute Gasteiger partial charge is 0.311 e. The first-order valence-electron chi connectivity index (χ1n) is 7.56. The van der Waals surface area contributed by atoms with Crippen molar-refractivity contribution in [2.24, 2.45) is 7.05 Å². The maximum Gasteiger partial charge on any atom is 0.0492 e. The predicted octanol–water partition coefficient (Wildman–Crippen LogP) is 1.82. The van der Waals surface area contributed by atoms with Crippen LogP contribution < -0.4 is 5.32 Å². The second-order valence-corrected chi connectivity index (χ2v) is 5.86. The van der Waals surface area contributed by atoms with Crippen LogP contribution in [-0.2, 0) is 13.5 Å². The van der Waals surface area contributed by atoms with E-state index < -0.39 is 0 Å². The Kier molecular flexibility index (Phi) is 4.63. The number of aromatic nitrogens is 2. The molecule has 1 aliphatic heterocycles. The minimum Gasteiger partial charge on any atom is -0.311 e. The van der Waals surface area contributed by atoms with Crippen molar-refractivity contribution in [3.8, 4) is 0 Å². The van der Waals surface area contributed by atoms with Crippen LogP contribution in [0.25, 0.3) is 0 Å². The summed E-state index contributed by atoms with van der Waals surface area (Å²) >= 11 is 0. The van der Waals surface area contributed by atoms with Gasteiger partial charge in [0.15, 0.2) is 0 Å². The summed E-state index contributed by atoms with van der Waals surface area (Å²) in [5, 5.41) is 7.91. The van der Waals surface area contributed by atoms with Crippen LogP contribution in [0.3, 0.4) is 0 Å². The van der Waals surface area contributed by atoms with Gasteiger partial charge < -0.3 is 5.32 Å². The van der Waals surface area contributed by atoms with Gasteiger partial charge in [-0.1, -0.05) is 13.8 Å². The molecule has 4 nitrogen and oxygen atoms in total. The van der Waals surface area contributed by atoms with Gasteiger partial charge in [0, 0.05) is 56.6 Å². The Morgan fingerprint density at radius 3 is 2.74 bits per heavy atom. The fourth-order valence-corrected chi connectivity index (χ4v) is 3.24. The molecule has 0 bridgehead atoms. The van der Waals surface area contributed by atoms with Crippen LogP contribution in [0.1, 0.15) is 39.3 Å². The van der Waals surface area contributed by atoms with E-state index in [0.717, 1.165) is 26.1 Å². The highest BCUT2D eigenvalue weighted by Crippen LogP contribution is 2.27. The molecule has 1 saturated heterocycles. The summed E-state index contributed by atoms with van der Waals surface area (Å²) in [5.74, 6) is 0. The van der Waals surface area contributed by atoms with Crippen LogP contribution in [0, 0.1) is 0 Å². The lowest BCUT2D eigenvalue weighted by Crippen LogP contribution is -2.63.